The van der Waals surface area contributed by atoms with Crippen molar-refractivity contribution >= 4 is 29.0 Å². The first-order valence-corrected chi connectivity index (χ1v) is 7.62. The number of nitrogens with zero attached hydrogens (tertiary/aromatic N) is 3. The molecule has 2 heterocycles. The van der Waals surface area contributed by atoms with E-state index in [9.17, 15) is 4.79 Å². The number of hydrogen-bond acceptors (Lipinski definition) is 5. The number of carbonyl (C=O) groups is 1. The normalized spacial score (nSPS) is 10.2. The number of carbonyl (C=O) groups excluding carboxylic acids is 1. The molecule has 0 aliphatic carbocycles. The number of hydrogen-bond donors (Lipinski definition) is 2. The fourth-order valence-corrected chi connectivity index (χ4v) is 2.10. The van der Waals surface area contributed by atoms with Gasteiger partial charge in [0.1, 0.15) is 5.82 Å². The van der Waals surface area contributed by atoms with Crippen LogP contribution in [-0.4, -0.2) is 21.1 Å². The molecular formula is C17H14ClN5O. The Morgan fingerprint density at radius 3 is 2.54 bits per heavy atom. The van der Waals surface area contributed by atoms with E-state index in [0.29, 0.717) is 23.1 Å². The lowest BCUT2D eigenvalue weighted by Gasteiger charge is -2.06. The second kappa shape index (κ2) is 7.52. The van der Waals surface area contributed by atoms with Gasteiger partial charge in [0.25, 0.3) is 5.91 Å². The minimum Gasteiger partial charge on any atom is -0.364 e. The lowest BCUT2D eigenvalue weighted by molar-refractivity contribution is 0.102. The molecule has 3 rings (SSSR count). The molecule has 1 amide bonds. The van der Waals surface area contributed by atoms with Crippen molar-refractivity contribution in [2.75, 3.05) is 10.6 Å². The number of anilines is 2. The summed E-state index contributed by atoms with van der Waals surface area (Å²) in [5, 5.41) is 14.4. The van der Waals surface area contributed by atoms with Gasteiger partial charge in [-0.3, -0.25) is 9.78 Å². The van der Waals surface area contributed by atoms with Crippen molar-refractivity contribution in [3.63, 3.8) is 0 Å². The van der Waals surface area contributed by atoms with Crippen LogP contribution in [0.5, 0.6) is 0 Å². The Morgan fingerprint density at radius 1 is 1.04 bits per heavy atom. The van der Waals surface area contributed by atoms with E-state index in [1.54, 1.807) is 48.8 Å². The molecule has 0 fully saturated rings. The van der Waals surface area contributed by atoms with Crippen LogP contribution in [-0.2, 0) is 6.54 Å². The van der Waals surface area contributed by atoms with Crippen LogP contribution in [0.2, 0.25) is 5.02 Å². The van der Waals surface area contributed by atoms with Crippen molar-refractivity contribution < 1.29 is 4.79 Å². The van der Waals surface area contributed by atoms with Gasteiger partial charge in [-0.15, -0.1) is 10.2 Å². The molecule has 0 bridgehead atoms. The maximum Gasteiger partial charge on any atom is 0.276 e. The minimum atomic E-state index is -0.330. The van der Waals surface area contributed by atoms with Crippen LogP contribution >= 0.6 is 11.6 Å². The highest BCUT2D eigenvalue weighted by molar-refractivity contribution is 6.30. The Morgan fingerprint density at radius 2 is 1.88 bits per heavy atom. The van der Waals surface area contributed by atoms with E-state index in [1.165, 1.54) is 0 Å². The predicted molar refractivity (Wildman–Crippen MR) is 93.0 cm³/mol. The number of pyridine rings is 1. The molecule has 120 valence electrons. The molecule has 2 N–H and O–H groups in total. The van der Waals surface area contributed by atoms with Crippen molar-refractivity contribution in [1.82, 2.24) is 15.2 Å². The van der Waals surface area contributed by atoms with Crippen LogP contribution in [0, 0.1) is 0 Å². The smallest absolute Gasteiger partial charge is 0.276 e. The Bertz CT molecular complexity index is 807. The average molecular weight is 340 g/mol. The fraction of sp³-hybridized carbons (Fsp3) is 0.0588. The first-order chi connectivity index (χ1) is 11.7. The molecular weight excluding hydrogens is 326 g/mol. The summed E-state index contributed by atoms with van der Waals surface area (Å²) >= 11 is 5.81. The predicted octanol–water partition coefficient (Wildman–Crippen LogP) is 3.39. The van der Waals surface area contributed by atoms with Gasteiger partial charge in [0.05, 0.1) is 0 Å². The number of rotatable bonds is 5. The lowest BCUT2D eigenvalue weighted by Crippen LogP contribution is -2.14. The van der Waals surface area contributed by atoms with Gasteiger partial charge in [-0.2, -0.15) is 0 Å². The third kappa shape index (κ3) is 4.27. The average Bonchev–Trinajstić information content (AvgIpc) is 2.63. The Labute approximate surface area is 143 Å². The van der Waals surface area contributed by atoms with Gasteiger partial charge in [0.2, 0.25) is 0 Å². The number of benzene rings is 1. The number of halogens is 1. The van der Waals surface area contributed by atoms with Crippen LogP contribution in [0.1, 0.15) is 16.1 Å². The number of nitrogens with one attached hydrogen (secondary N) is 2. The van der Waals surface area contributed by atoms with Gasteiger partial charge in [0, 0.05) is 29.6 Å². The minimum absolute atomic E-state index is 0.233. The highest BCUT2D eigenvalue weighted by Gasteiger charge is 2.08. The standard InChI is InChI=1S/C17H14ClN5O/c18-13-3-5-14(6-4-13)21-17(24)15-7-8-16(23-22-15)20-11-12-2-1-9-19-10-12/h1-10H,11H2,(H,20,23)(H,21,24). The van der Waals surface area contributed by atoms with Crippen molar-refractivity contribution in [2.24, 2.45) is 0 Å². The third-order valence-corrected chi connectivity index (χ3v) is 3.45. The van der Waals surface area contributed by atoms with Gasteiger partial charge in [-0.25, -0.2) is 0 Å². The van der Waals surface area contributed by atoms with Crippen molar-refractivity contribution in [3.8, 4) is 0 Å². The van der Waals surface area contributed by atoms with E-state index < -0.39 is 0 Å². The second-order valence-electron chi connectivity index (χ2n) is 4.98. The second-order valence-corrected chi connectivity index (χ2v) is 5.42. The maximum atomic E-state index is 12.1. The zero-order chi connectivity index (χ0) is 16.8. The molecule has 24 heavy (non-hydrogen) atoms. The van der Waals surface area contributed by atoms with E-state index in [1.807, 2.05) is 12.1 Å². The third-order valence-electron chi connectivity index (χ3n) is 3.20. The zero-order valence-electron chi connectivity index (χ0n) is 12.6. The van der Waals surface area contributed by atoms with Gasteiger partial charge < -0.3 is 10.6 Å². The molecule has 0 saturated carbocycles. The Balaban J connectivity index is 1.59. The summed E-state index contributed by atoms with van der Waals surface area (Å²) in [4.78, 5) is 16.2. The van der Waals surface area contributed by atoms with Crippen molar-refractivity contribution in [3.05, 3.63) is 77.2 Å². The highest BCUT2D eigenvalue weighted by atomic mass is 35.5. The summed E-state index contributed by atoms with van der Waals surface area (Å²) in [6, 6.07) is 14.0. The molecule has 0 saturated heterocycles. The van der Waals surface area contributed by atoms with Crippen LogP contribution in [0.4, 0.5) is 11.5 Å². The van der Waals surface area contributed by atoms with Gasteiger partial charge in [0.15, 0.2) is 5.69 Å². The molecule has 0 spiro atoms. The van der Waals surface area contributed by atoms with Gasteiger partial charge in [-0.1, -0.05) is 17.7 Å². The molecule has 7 heteroatoms. The topological polar surface area (TPSA) is 79.8 Å². The van der Waals surface area contributed by atoms with Crippen molar-refractivity contribution in [2.45, 2.75) is 6.54 Å². The monoisotopic (exact) mass is 339 g/mol. The van der Waals surface area contributed by atoms with Crippen LogP contribution < -0.4 is 10.6 Å². The molecule has 1 aromatic carbocycles. The van der Waals surface area contributed by atoms with Gasteiger partial charge >= 0.3 is 0 Å². The summed E-state index contributed by atoms with van der Waals surface area (Å²) in [6.07, 6.45) is 3.49. The Kier molecular flexibility index (Phi) is 4.98. The van der Waals surface area contributed by atoms with Crippen molar-refractivity contribution in [1.29, 1.82) is 0 Å². The van der Waals surface area contributed by atoms with E-state index >= 15 is 0 Å². The van der Waals surface area contributed by atoms with E-state index in [4.69, 9.17) is 11.6 Å². The summed E-state index contributed by atoms with van der Waals surface area (Å²) in [5.74, 6) is 0.255. The lowest BCUT2D eigenvalue weighted by atomic mass is 10.3. The largest absolute Gasteiger partial charge is 0.364 e. The van der Waals surface area contributed by atoms with E-state index in [0.717, 1.165) is 5.56 Å². The maximum absolute atomic E-state index is 12.1. The summed E-state index contributed by atoms with van der Waals surface area (Å²) < 4.78 is 0. The summed E-state index contributed by atoms with van der Waals surface area (Å²) in [5.41, 5.74) is 1.91. The molecule has 0 radical (unpaired) electrons. The van der Waals surface area contributed by atoms with Crippen LogP contribution in [0.15, 0.2) is 60.9 Å². The fourth-order valence-electron chi connectivity index (χ4n) is 1.97. The first kappa shape index (κ1) is 15.9. The number of aromatic nitrogens is 3. The Hall–Kier alpha value is -2.99. The first-order valence-electron chi connectivity index (χ1n) is 7.24. The molecule has 0 aliphatic heterocycles. The number of amides is 1. The molecule has 2 aromatic heterocycles. The highest BCUT2D eigenvalue weighted by Crippen LogP contribution is 2.14. The molecule has 3 aromatic rings. The quantitative estimate of drug-likeness (QED) is 0.744. The van der Waals surface area contributed by atoms with Gasteiger partial charge in [-0.05, 0) is 48.0 Å². The molecule has 6 nitrogen and oxygen atoms in total. The van der Waals surface area contributed by atoms with Crippen LogP contribution in [0.25, 0.3) is 0 Å². The molecule has 0 atom stereocenters. The zero-order valence-corrected chi connectivity index (χ0v) is 13.4. The van der Waals surface area contributed by atoms with E-state index in [-0.39, 0.29) is 11.6 Å². The SMILES string of the molecule is O=C(Nc1ccc(Cl)cc1)c1ccc(NCc2cccnc2)nn1. The molecule has 0 unspecified atom stereocenters. The molecule has 0 aliphatic rings. The van der Waals surface area contributed by atoms with E-state index in [2.05, 4.69) is 25.8 Å². The van der Waals surface area contributed by atoms with Crippen LogP contribution in [0.3, 0.4) is 0 Å². The summed E-state index contributed by atoms with van der Waals surface area (Å²) in [7, 11) is 0. The summed E-state index contributed by atoms with van der Waals surface area (Å²) in [6.45, 7) is 0.582.